The van der Waals surface area contributed by atoms with Crippen molar-refractivity contribution < 1.29 is 19.4 Å². The summed E-state index contributed by atoms with van der Waals surface area (Å²) in [5, 5.41) is 9.09. The molecule has 0 unspecified atom stereocenters. The summed E-state index contributed by atoms with van der Waals surface area (Å²) in [4.78, 5) is 11.1. The number of halogens is 1. The number of hydrogen-bond acceptors (Lipinski definition) is 3. The Balaban J connectivity index is 2.21. The predicted octanol–water partition coefficient (Wildman–Crippen LogP) is 2.71. The van der Waals surface area contributed by atoms with Gasteiger partial charge in [0.1, 0.15) is 17.4 Å². The largest absolute Gasteiger partial charge is 0.488 e. The maximum absolute atomic E-state index is 11.1. The van der Waals surface area contributed by atoms with E-state index in [1.807, 2.05) is 0 Å². The highest BCUT2D eigenvalue weighted by atomic mass is 79.9. The molecule has 0 spiro atoms. The first-order valence-corrected chi connectivity index (χ1v) is 6.24. The molecule has 0 amide bonds. The van der Waals surface area contributed by atoms with Crippen LogP contribution in [0.1, 0.15) is 23.2 Å². The molecule has 1 aliphatic heterocycles. The molecule has 92 valence electrons. The zero-order chi connectivity index (χ0) is 12.3. The lowest BCUT2D eigenvalue weighted by Gasteiger charge is -2.24. The van der Waals surface area contributed by atoms with Crippen molar-refractivity contribution in [1.29, 1.82) is 0 Å². The van der Waals surface area contributed by atoms with Crippen molar-refractivity contribution >= 4 is 21.9 Å². The van der Waals surface area contributed by atoms with Gasteiger partial charge in [-0.25, -0.2) is 4.79 Å². The summed E-state index contributed by atoms with van der Waals surface area (Å²) in [6, 6.07) is 5.01. The average Bonchev–Trinajstić information content (AvgIpc) is 2.33. The topological polar surface area (TPSA) is 55.8 Å². The zero-order valence-corrected chi connectivity index (χ0v) is 10.8. The number of benzene rings is 1. The number of aromatic carboxylic acids is 1. The number of carboxylic acid groups (broad SMARTS) is 1. The van der Waals surface area contributed by atoms with Crippen molar-refractivity contribution in [2.75, 3.05) is 13.2 Å². The van der Waals surface area contributed by atoms with Gasteiger partial charge in [0.2, 0.25) is 0 Å². The maximum Gasteiger partial charge on any atom is 0.339 e. The first-order chi connectivity index (χ1) is 8.18. The highest BCUT2D eigenvalue weighted by Crippen LogP contribution is 2.31. The van der Waals surface area contributed by atoms with Crippen LogP contribution in [0.25, 0.3) is 0 Å². The molecule has 4 nitrogen and oxygen atoms in total. The predicted molar refractivity (Wildman–Crippen MR) is 65.6 cm³/mol. The molecule has 0 radical (unpaired) electrons. The van der Waals surface area contributed by atoms with Crippen molar-refractivity contribution in [3.8, 4) is 5.75 Å². The summed E-state index contributed by atoms with van der Waals surface area (Å²) in [7, 11) is 0. The molecule has 1 fully saturated rings. The van der Waals surface area contributed by atoms with Gasteiger partial charge in [-0.3, -0.25) is 0 Å². The van der Waals surface area contributed by atoms with E-state index in [0.29, 0.717) is 23.4 Å². The van der Waals surface area contributed by atoms with Crippen LogP contribution in [0, 0.1) is 0 Å². The molecule has 0 aliphatic carbocycles. The van der Waals surface area contributed by atoms with E-state index in [4.69, 9.17) is 14.6 Å². The normalized spacial score (nSPS) is 16.8. The van der Waals surface area contributed by atoms with E-state index in [2.05, 4.69) is 15.9 Å². The average molecular weight is 301 g/mol. The van der Waals surface area contributed by atoms with Crippen molar-refractivity contribution in [2.45, 2.75) is 18.9 Å². The molecule has 0 aromatic heterocycles. The third-order valence-corrected chi connectivity index (χ3v) is 3.27. The monoisotopic (exact) mass is 300 g/mol. The number of rotatable bonds is 3. The van der Waals surface area contributed by atoms with Crippen LogP contribution in [0.15, 0.2) is 22.7 Å². The Morgan fingerprint density at radius 3 is 2.76 bits per heavy atom. The molecule has 5 heteroatoms. The Labute approximate surface area is 108 Å². The molecule has 1 saturated heterocycles. The summed E-state index contributed by atoms with van der Waals surface area (Å²) in [5.41, 5.74) is 0.186. The van der Waals surface area contributed by atoms with E-state index in [9.17, 15) is 4.79 Å². The molecule has 1 N–H and O–H groups in total. The number of carboxylic acids is 1. The lowest BCUT2D eigenvalue weighted by atomic mass is 10.1. The van der Waals surface area contributed by atoms with Gasteiger partial charge in [-0.05, 0) is 28.1 Å². The highest BCUT2D eigenvalue weighted by Gasteiger charge is 2.20. The molecule has 0 bridgehead atoms. The third-order valence-electron chi connectivity index (χ3n) is 2.65. The van der Waals surface area contributed by atoms with E-state index in [-0.39, 0.29) is 11.7 Å². The van der Waals surface area contributed by atoms with Gasteiger partial charge in [0.15, 0.2) is 0 Å². The lowest BCUT2D eigenvalue weighted by Crippen LogP contribution is -2.26. The van der Waals surface area contributed by atoms with Crippen LogP contribution in [0.5, 0.6) is 5.75 Å². The van der Waals surface area contributed by atoms with Crippen LogP contribution >= 0.6 is 15.9 Å². The second-order valence-electron chi connectivity index (χ2n) is 3.85. The second-order valence-corrected chi connectivity index (χ2v) is 4.71. The molecule has 0 atom stereocenters. The quantitative estimate of drug-likeness (QED) is 0.932. The summed E-state index contributed by atoms with van der Waals surface area (Å²) < 4.78 is 11.7. The highest BCUT2D eigenvalue weighted by molar-refractivity contribution is 9.10. The van der Waals surface area contributed by atoms with Crippen LogP contribution < -0.4 is 4.74 Å². The van der Waals surface area contributed by atoms with Crippen LogP contribution in [0.3, 0.4) is 0 Å². The third kappa shape index (κ3) is 2.98. The van der Waals surface area contributed by atoms with Gasteiger partial charge in [-0.15, -0.1) is 0 Å². The van der Waals surface area contributed by atoms with E-state index >= 15 is 0 Å². The van der Waals surface area contributed by atoms with E-state index in [0.717, 1.165) is 12.8 Å². The van der Waals surface area contributed by atoms with Gasteiger partial charge in [0.05, 0.1) is 17.7 Å². The van der Waals surface area contributed by atoms with Crippen LogP contribution in [-0.4, -0.2) is 30.4 Å². The van der Waals surface area contributed by atoms with E-state index in [1.165, 1.54) is 0 Å². The standard InChI is InChI=1S/C12H13BrO4/c13-10-3-1-2-9(12(14)15)11(10)17-8-4-6-16-7-5-8/h1-3,8H,4-7H2,(H,14,15). The summed E-state index contributed by atoms with van der Waals surface area (Å²) >= 11 is 3.32. The van der Waals surface area contributed by atoms with Crippen LogP contribution in [0.2, 0.25) is 0 Å². The molecule has 2 rings (SSSR count). The van der Waals surface area contributed by atoms with Crippen LogP contribution in [-0.2, 0) is 4.74 Å². The Hall–Kier alpha value is -1.07. The van der Waals surface area contributed by atoms with Gasteiger partial charge in [0.25, 0.3) is 0 Å². The molecular weight excluding hydrogens is 288 g/mol. The fourth-order valence-electron chi connectivity index (χ4n) is 1.76. The Morgan fingerprint density at radius 2 is 2.12 bits per heavy atom. The number of hydrogen-bond donors (Lipinski definition) is 1. The van der Waals surface area contributed by atoms with Crippen molar-refractivity contribution in [1.82, 2.24) is 0 Å². The zero-order valence-electron chi connectivity index (χ0n) is 9.19. The first-order valence-electron chi connectivity index (χ1n) is 5.44. The number of carbonyl (C=O) groups is 1. The SMILES string of the molecule is O=C(O)c1cccc(Br)c1OC1CCOCC1. The Kier molecular flexibility index (Phi) is 4.02. The van der Waals surface area contributed by atoms with Gasteiger partial charge < -0.3 is 14.6 Å². The summed E-state index contributed by atoms with van der Waals surface area (Å²) in [6.45, 7) is 1.33. The fraction of sp³-hybridized carbons (Fsp3) is 0.417. The summed E-state index contributed by atoms with van der Waals surface area (Å²) in [6.07, 6.45) is 1.61. The molecule has 1 aromatic rings. The van der Waals surface area contributed by atoms with Crippen molar-refractivity contribution in [3.05, 3.63) is 28.2 Å². The Morgan fingerprint density at radius 1 is 1.41 bits per heavy atom. The number of para-hydroxylation sites is 1. The molecule has 0 saturated carbocycles. The minimum Gasteiger partial charge on any atom is -0.488 e. The maximum atomic E-state index is 11.1. The van der Waals surface area contributed by atoms with E-state index < -0.39 is 5.97 Å². The Bertz CT molecular complexity index is 413. The summed E-state index contributed by atoms with van der Waals surface area (Å²) in [5.74, 6) is -0.569. The van der Waals surface area contributed by atoms with Crippen LogP contribution in [0.4, 0.5) is 0 Å². The molecule has 1 aliphatic rings. The molecular formula is C12H13BrO4. The minimum absolute atomic E-state index is 0.0283. The number of ether oxygens (including phenoxy) is 2. The van der Waals surface area contributed by atoms with Gasteiger partial charge in [0, 0.05) is 12.8 Å². The van der Waals surface area contributed by atoms with Gasteiger partial charge in [-0.2, -0.15) is 0 Å². The second kappa shape index (κ2) is 5.51. The van der Waals surface area contributed by atoms with E-state index in [1.54, 1.807) is 18.2 Å². The molecule has 1 aromatic carbocycles. The molecule has 1 heterocycles. The first kappa shape index (κ1) is 12.4. The van der Waals surface area contributed by atoms with Gasteiger partial charge in [-0.1, -0.05) is 6.07 Å². The fourth-order valence-corrected chi connectivity index (χ4v) is 2.22. The molecule has 17 heavy (non-hydrogen) atoms. The lowest BCUT2D eigenvalue weighted by molar-refractivity contribution is 0.0245. The van der Waals surface area contributed by atoms with Crippen molar-refractivity contribution in [3.63, 3.8) is 0 Å². The minimum atomic E-state index is -0.978. The van der Waals surface area contributed by atoms with Gasteiger partial charge >= 0.3 is 5.97 Å². The smallest absolute Gasteiger partial charge is 0.339 e. The van der Waals surface area contributed by atoms with Crippen molar-refractivity contribution in [2.24, 2.45) is 0 Å².